The predicted octanol–water partition coefficient (Wildman–Crippen LogP) is 5.99. The Kier molecular flexibility index (Phi) is 11.3. The summed E-state index contributed by atoms with van der Waals surface area (Å²) in [5.74, 6) is 0. The molecule has 1 rings (SSSR count). The van der Waals surface area contributed by atoms with Gasteiger partial charge in [0, 0.05) is 12.2 Å². The second-order valence-electron chi connectivity index (χ2n) is 6.86. The summed E-state index contributed by atoms with van der Waals surface area (Å²) in [5, 5.41) is 3.17. The Bertz CT molecular complexity index is 626. The van der Waals surface area contributed by atoms with Gasteiger partial charge in [-0.25, -0.2) is 0 Å². The summed E-state index contributed by atoms with van der Waals surface area (Å²) in [4.78, 5) is 0.0162. The van der Waals surface area contributed by atoms with E-state index in [4.69, 9.17) is 0 Å². The van der Waals surface area contributed by atoms with Crippen molar-refractivity contribution in [2.75, 3.05) is 11.9 Å². The van der Waals surface area contributed by atoms with Crippen LogP contribution in [0, 0.1) is 0 Å². The fourth-order valence-electron chi connectivity index (χ4n) is 3.20. The standard InChI is InChI=1S/C21H35NO3S/c1-3-5-6-7-8-9-10-11-12-13-15-19-20(22-18-4-2)16-14-17-21(19)26(23,24)25/h4,14,16-17,22H,2-3,5-13,15,18H2,1H3,(H,23,24,25). The maximum absolute atomic E-state index is 11.7. The van der Waals surface area contributed by atoms with Crippen LogP contribution in [0.2, 0.25) is 0 Å². The van der Waals surface area contributed by atoms with E-state index in [9.17, 15) is 13.0 Å². The second kappa shape index (κ2) is 12.9. The van der Waals surface area contributed by atoms with Gasteiger partial charge in [0.2, 0.25) is 0 Å². The summed E-state index contributed by atoms with van der Waals surface area (Å²) in [7, 11) is -4.21. The number of nitrogens with one attached hydrogen (secondary N) is 1. The molecule has 0 radical (unpaired) electrons. The molecule has 0 aliphatic rings. The molecule has 0 unspecified atom stereocenters. The topological polar surface area (TPSA) is 66.4 Å². The highest BCUT2D eigenvalue weighted by Crippen LogP contribution is 2.26. The summed E-state index contributed by atoms with van der Waals surface area (Å²) >= 11 is 0. The first-order valence-electron chi connectivity index (χ1n) is 9.94. The summed E-state index contributed by atoms with van der Waals surface area (Å²) < 4.78 is 32.8. The van der Waals surface area contributed by atoms with Crippen LogP contribution in [-0.2, 0) is 16.5 Å². The van der Waals surface area contributed by atoms with Crippen LogP contribution in [0.1, 0.15) is 76.7 Å². The molecule has 0 atom stereocenters. The van der Waals surface area contributed by atoms with Crippen molar-refractivity contribution in [1.29, 1.82) is 0 Å². The third-order valence-corrected chi connectivity index (χ3v) is 5.57. The summed E-state index contributed by atoms with van der Waals surface area (Å²) in [6, 6.07) is 4.97. The fraction of sp³-hybridized carbons (Fsp3) is 0.619. The Morgan fingerprint density at radius 1 is 1.00 bits per heavy atom. The molecule has 0 bridgehead atoms. The monoisotopic (exact) mass is 381 g/mol. The average Bonchev–Trinajstić information content (AvgIpc) is 2.61. The molecule has 0 aromatic heterocycles. The lowest BCUT2D eigenvalue weighted by atomic mass is 10.0. The number of rotatable bonds is 15. The van der Waals surface area contributed by atoms with Gasteiger partial charge in [0.1, 0.15) is 0 Å². The molecule has 0 fully saturated rings. The van der Waals surface area contributed by atoms with Crippen LogP contribution in [0.25, 0.3) is 0 Å². The molecule has 148 valence electrons. The van der Waals surface area contributed by atoms with Crippen LogP contribution < -0.4 is 5.32 Å². The zero-order valence-corrected chi connectivity index (χ0v) is 17.0. The van der Waals surface area contributed by atoms with E-state index in [2.05, 4.69) is 18.8 Å². The van der Waals surface area contributed by atoms with E-state index in [1.807, 2.05) is 6.07 Å². The van der Waals surface area contributed by atoms with Crippen LogP contribution >= 0.6 is 0 Å². The van der Waals surface area contributed by atoms with Gasteiger partial charge in [-0.3, -0.25) is 4.55 Å². The molecule has 0 saturated heterocycles. The maximum atomic E-state index is 11.7. The Labute approximate surface area is 159 Å². The van der Waals surface area contributed by atoms with Crippen molar-refractivity contribution in [2.45, 2.75) is 82.4 Å². The summed E-state index contributed by atoms with van der Waals surface area (Å²) in [5.41, 5.74) is 1.44. The molecular weight excluding hydrogens is 346 g/mol. The molecular formula is C21H35NO3S. The van der Waals surface area contributed by atoms with Crippen molar-refractivity contribution in [3.8, 4) is 0 Å². The quantitative estimate of drug-likeness (QED) is 0.222. The highest BCUT2D eigenvalue weighted by molar-refractivity contribution is 7.85. The van der Waals surface area contributed by atoms with Gasteiger partial charge < -0.3 is 5.32 Å². The zero-order valence-electron chi connectivity index (χ0n) is 16.2. The first-order chi connectivity index (χ1) is 12.5. The van der Waals surface area contributed by atoms with Gasteiger partial charge in [0.25, 0.3) is 10.1 Å². The average molecular weight is 382 g/mol. The molecule has 26 heavy (non-hydrogen) atoms. The molecule has 0 aliphatic heterocycles. The van der Waals surface area contributed by atoms with E-state index < -0.39 is 10.1 Å². The van der Waals surface area contributed by atoms with Crippen molar-refractivity contribution in [1.82, 2.24) is 0 Å². The molecule has 0 saturated carbocycles. The normalized spacial score (nSPS) is 11.5. The first kappa shape index (κ1) is 22.7. The lowest BCUT2D eigenvalue weighted by Gasteiger charge is -2.14. The van der Waals surface area contributed by atoms with Crippen LogP contribution in [0.4, 0.5) is 5.69 Å². The van der Waals surface area contributed by atoms with Gasteiger partial charge in [-0.15, -0.1) is 6.58 Å². The summed E-state index contributed by atoms with van der Waals surface area (Å²) in [6.07, 6.45) is 14.7. The molecule has 0 spiro atoms. The minimum absolute atomic E-state index is 0.0162. The third-order valence-electron chi connectivity index (χ3n) is 4.63. The number of benzene rings is 1. The van der Waals surface area contributed by atoms with Gasteiger partial charge in [-0.1, -0.05) is 76.9 Å². The Morgan fingerprint density at radius 3 is 2.12 bits per heavy atom. The predicted molar refractivity (Wildman–Crippen MR) is 110 cm³/mol. The molecule has 1 aromatic rings. The maximum Gasteiger partial charge on any atom is 0.294 e. The van der Waals surface area contributed by atoms with Crippen LogP contribution in [-0.4, -0.2) is 19.5 Å². The lowest BCUT2D eigenvalue weighted by Crippen LogP contribution is -2.08. The highest BCUT2D eigenvalue weighted by Gasteiger charge is 2.17. The van der Waals surface area contributed by atoms with Crippen molar-refractivity contribution in [3.05, 3.63) is 36.4 Å². The molecule has 0 heterocycles. The van der Waals surface area contributed by atoms with Gasteiger partial charge >= 0.3 is 0 Å². The second-order valence-corrected chi connectivity index (χ2v) is 8.25. The van der Waals surface area contributed by atoms with Crippen molar-refractivity contribution in [2.24, 2.45) is 0 Å². The number of anilines is 1. The number of unbranched alkanes of at least 4 members (excludes halogenated alkanes) is 9. The SMILES string of the molecule is C=CCNc1cccc(S(=O)(=O)O)c1CCCCCCCCCCCC. The molecule has 4 nitrogen and oxygen atoms in total. The molecule has 1 aromatic carbocycles. The molecule has 0 aliphatic carbocycles. The molecule has 0 amide bonds. The van der Waals surface area contributed by atoms with Crippen molar-refractivity contribution in [3.63, 3.8) is 0 Å². The third kappa shape index (κ3) is 8.86. The van der Waals surface area contributed by atoms with E-state index in [0.717, 1.165) is 18.5 Å². The van der Waals surface area contributed by atoms with E-state index in [1.54, 1.807) is 12.1 Å². The van der Waals surface area contributed by atoms with E-state index >= 15 is 0 Å². The zero-order chi connectivity index (χ0) is 19.3. The largest absolute Gasteiger partial charge is 0.381 e. The van der Waals surface area contributed by atoms with Gasteiger partial charge in [-0.05, 0) is 30.5 Å². The van der Waals surface area contributed by atoms with E-state index in [-0.39, 0.29) is 4.90 Å². The number of hydrogen-bond acceptors (Lipinski definition) is 3. The van der Waals surface area contributed by atoms with Crippen LogP contribution in [0.5, 0.6) is 0 Å². The van der Waals surface area contributed by atoms with Crippen molar-refractivity contribution < 1.29 is 13.0 Å². The smallest absolute Gasteiger partial charge is 0.294 e. The first-order valence-corrected chi connectivity index (χ1v) is 11.4. The molecule has 5 heteroatoms. The number of hydrogen-bond donors (Lipinski definition) is 2. The van der Waals surface area contributed by atoms with Gasteiger partial charge in [0.05, 0.1) is 4.90 Å². The Morgan fingerprint density at radius 2 is 1.58 bits per heavy atom. The van der Waals surface area contributed by atoms with E-state index in [0.29, 0.717) is 18.5 Å². The molecule has 2 N–H and O–H groups in total. The Balaban J connectivity index is 2.46. The minimum Gasteiger partial charge on any atom is -0.381 e. The van der Waals surface area contributed by atoms with Crippen LogP contribution in [0.3, 0.4) is 0 Å². The Hall–Kier alpha value is -1.33. The fourth-order valence-corrected chi connectivity index (χ4v) is 3.98. The van der Waals surface area contributed by atoms with Gasteiger partial charge in [0.15, 0.2) is 0 Å². The van der Waals surface area contributed by atoms with Crippen molar-refractivity contribution >= 4 is 15.8 Å². The van der Waals surface area contributed by atoms with E-state index in [1.165, 1.54) is 57.4 Å². The summed E-state index contributed by atoms with van der Waals surface area (Å²) in [6.45, 7) is 6.46. The minimum atomic E-state index is -4.21. The highest BCUT2D eigenvalue weighted by atomic mass is 32.2. The lowest BCUT2D eigenvalue weighted by molar-refractivity contribution is 0.481. The van der Waals surface area contributed by atoms with Crippen LogP contribution in [0.15, 0.2) is 35.7 Å². The van der Waals surface area contributed by atoms with Gasteiger partial charge in [-0.2, -0.15) is 8.42 Å².